The van der Waals surface area contributed by atoms with E-state index in [0.717, 1.165) is 42.2 Å². The summed E-state index contributed by atoms with van der Waals surface area (Å²) in [5, 5.41) is 7.50. The molecular formula is C17H28IN3O2S. The number of nitrogens with one attached hydrogen (secondary N) is 2. The summed E-state index contributed by atoms with van der Waals surface area (Å²) in [5.74, 6) is 3.69. The minimum absolute atomic E-state index is 0. The minimum atomic E-state index is 0. The number of aliphatic imine (C=N–C) groups is 1. The highest BCUT2D eigenvalue weighted by atomic mass is 127. The Morgan fingerprint density at radius 2 is 2.04 bits per heavy atom. The highest BCUT2D eigenvalue weighted by molar-refractivity contribution is 14.0. The fourth-order valence-electron chi connectivity index (χ4n) is 2.60. The molecule has 0 saturated carbocycles. The summed E-state index contributed by atoms with van der Waals surface area (Å²) in [7, 11) is 5.12. The van der Waals surface area contributed by atoms with Crippen molar-refractivity contribution in [2.45, 2.75) is 24.5 Å². The van der Waals surface area contributed by atoms with Crippen molar-refractivity contribution in [2.75, 3.05) is 40.1 Å². The summed E-state index contributed by atoms with van der Waals surface area (Å²) in [6, 6.07) is 6.03. The zero-order chi connectivity index (χ0) is 16.5. The van der Waals surface area contributed by atoms with Crippen molar-refractivity contribution in [1.29, 1.82) is 0 Å². The molecule has 0 spiro atoms. The molecule has 1 atom stereocenters. The Bertz CT molecular complexity index is 523. The summed E-state index contributed by atoms with van der Waals surface area (Å²) < 4.78 is 10.6. The molecule has 24 heavy (non-hydrogen) atoms. The molecule has 0 bridgehead atoms. The first-order valence-corrected chi connectivity index (χ1v) is 9.08. The quantitative estimate of drug-likeness (QED) is 0.369. The number of rotatable bonds is 7. The Morgan fingerprint density at radius 1 is 1.25 bits per heavy atom. The van der Waals surface area contributed by atoms with Gasteiger partial charge in [-0.15, -0.1) is 24.0 Å². The predicted molar refractivity (Wildman–Crippen MR) is 114 cm³/mol. The number of guanidine groups is 1. The molecule has 1 fully saturated rings. The van der Waals surface area contributed by atoms with Gasteiger partial charge in [0.2, 0.25) is 0 Å². The van der Waals surface area contributed by atoms with Crippen LogP contribution in [0.25, 0.3) is 0 Å². The maximum Gasteiger partial charge on any atom is 0.191 e. The van der Waals surface area contributed by atoms with E-state index in [4.69, 9.17) is 9.47 Å². The van der Waals surface area contributed by atoms with Crippen LogP contribution in [0.5, 0.6) is 11.5 Å². The van der Waals surface area contributed by atoms with Crippen molar-refractivity contribution in [2.24, 2.45) is 4.99 Å². The fourth-order valence-corrected chi connectivity index (χ4v) is 3.80. The zero-order valence-electron chi connectivity index (χ0n) is 14.6. The van der Waals surface area contributed by atoms with Gasteiger partial charge in [0.1, 0.15) is 0 Å². The van der Waals surface area contributed by atoms with E-state index in [9.17, 15) is 0 Å². The maximum atomic E-state index is 5.34. The Hall–Kier alpha value is -0.830. The minimum Gasteiger partial charge on any atom is -0.493 e. The second kappa shape index (κ2) is 11.7. The van der Waals surface area contributed by atoms with Crippen LogP contribution in [0.15, 0.2) is 23.2 Å². The molecule has 1 heterocycles. The second-order valence-corrected chi connectivity index (χ2v) is 6.86. The van der Waals surface area contributed by atoms with Gasteiger partial charge < -0.3 is 20.1 Å². The van der Waals surface area contributed by atoms with Crippen molar-refractivity contribution in [3.05, 3.63) is 23.8 Å². The first-order valence-electron chi connectivity index (χ1n) is 8.04. The molecule has 1 saturated heterocycles. The molecule has 0 aromatic heterocycles. The Kier molecular flexibility index (Phi) is 10.3. The molecule has 0 aliphatic carbocycles. The molecule has 7 heteroatoms. The lowest BCUT2D eigenvalue weighted by atomic mass is 10.1. The van der Waals surface area contributed by atoms with Crippen molar-refractivity contribution >= 4 is 41.7 Å². The monoisotopic (exact) mass is 465 g/mol. The molecule has 2 N–H and O–H groups in total. The summed E-state index contributed by atoms with van der Waals surface area (Å²) in [5.41, 5.74) is 1.21. The SMILES string of the molecule is CN=C(NCCc1ccc(OC)c(OC)c1)NCC1CCCS1.I. The molecule has 1 unspecified atom stereocenters. The number of hydrogen-bond acceptors (Lipinski definition) is 4. The van der Waals surface area contributed by atoms with E-state index >= 15 is 0 Å². The average Bonchev–Trinajstić information content (AvgIpc) is 3.11. The van der Waals surface area contributed by atoms with Gasteiger partial charge in [-0.25, -0.2) is 0 Å². The van der Waals surface area contributed by atoms with E-state index in [2.05, 4.69) is 33.5 Å². The van der Waals surface area contributed by atoms with E-state index in [0.29, 0.717) is 0 Å². The van der Waals surface area contributed by atoms with E-state index in [1.807, 2.05) is 19.2 Å². The van der Waals surface area contributed by atoms with Crippen molar-refractivity contribution in [3.63, 3.8) is 0 Å². The van der Waals surface area contributed by atoms with E-state index in [-0.39, 0.29) is 24.0 Å². The zero-order valence-corrected chi connectivity index (χ0v) is 17.8. The van der Waals surface area contributed by atoms with Crippen molar-refractivity contribution < 1.29 is 9.47 Å². The maximum absolute atomic E-state index is 5.34. The van der Waals surface area contributed by atoms with Gasteiger partial charge in [0.15, 0.2) is 17.5 Å². The van der Waals surface area contributed by atoms with Crippen molar-refractivity contribution in [3.8, 4) is 11.5 Å². The topological polar surface area (TPSA) is 54.9 Å². The largest absolute Gasteiger partial charge is 0.493 e. The number of nitrogens with zero attached hydrogens (tertiary/aromatic N) is 1. The standard InChI is InChI=1S/C17H27N3O2S.HI/c1-18-17(20-12-14-5-4-10-23-14)19-9-8-13-6-7-15(21-2)16(11-13)22-3;/h6-7,11,14H,4-5,8-10,12H2,1-3H3,(H2,18,19,20);1H. The molecule has 0 radical (unpaired) electrons. The van der Waals surface area contributed by atoms with Gasteiger partial charge in [-0.2, -0.15) is 11.8 Å². The van der Waals surface area contributed by atoms with Crippen LogP contribution in [-0.2, 0) is 6.42 Å². The van der Waals surface area contributed by atoms with Crippen molar-refractivity contribution in [1.82, 2.24) is 10.6 Å². The van der Waals surface area contributed by atoms with E-state index in [1.165, 1.54) is 24.2 Å². The molecule has 136 valence electrons. The molecule has 1 aliphatic rings. The lowest BCUT2D eigenvalue weighted by molar-refractivity contribution is 0.354. The van der Waals surface area contributed by atoms with Gasteiger partial charge in [-0.1, -0.05) is 6.07 Å². The fraction of sp³-hybridized carbons (Fsp3) is 0.588. The number of methoxy groups -OCH3 is 2. The first-order chi connectivity index (χ1) is 11.3. The lowest BCUT2D eigenvalue weighted by Gasteiger charge is -2.15. The number of benzene rings is 1. The summed E-state index contributed by atoms with van der Waals surface area (Å²) in [4.78, 5) is 4.28. The van der Waals surface area contributed by atoms with Crippen LogP contribution < -0.4 is 20.1 Å². The number of hydrogen-bond donors (Lipinski definition) is 2. The lowest BCUT2D eigenvalue weighted by Crippen LogP contribution is -2.40. The Balaban J connectivity index is 0.00000288. The number of halogens is 1. The number of thioether (sulfide) groups is 1. The summed E-state index contributed by atoms with van der Waals surface area (Å²) in [6.45, 7) is 1.81. The van der Waals surface area contributed by atoms with E-state index < -0.39 is 0 Å². The molecule has 1 aliphatic heterocycles. The summed E-state index contributed by atoms with van der Waals surface area (Å²) >= 11 is 2.05. The average molecular weight is 465 g/mol. The third-order valence-electron chi connectivity index (χ3n) is 3.90. The normalized spacial score (nSPS) is 17.1. The third-order valence-corrected chi connectivity index (χ3v) is 5.30. The predicted octanol–water partition coefficient (Wildman–Crippen LogP) is 2.92. The Labute approximate surface area is 166 Å². The molecular weight excluding hydrogens is 437 g/mol. The molecule has 0 amide bonds. The molecule has 5 nitrogen and oxygen atoms in total. The van der Waals surface area contributed by atoms with Gasteiger partial charge in [0.25, 0.3) is 0 Å². The van der Waals surface area contributed by atoms with Gasteiger partial charge >= 0.3 is 0 Å². The van der Waals surface area contributed by atoms with Crippen LogP contribution in [0.2, 0.25) is 0 Å². The molecule has 1 aromatic rings. The molecule has 2 rings (SSSR count). The van der Waals surface area contributed by atoms with Gasteiger partial charge in [0, 0.05) is 25.4 Å². The van der Waals surface area contributed by atoms with Crippen LogP contribution in [-0.4, -0.2) is 51.3 Å². The highest BCUT2D eigenvalue weighted by Gasteiger charge is 2.15. The van der Waals surface area contributed by atoms with Crippen LogP contribution in [0.1, 0.15) is 18.4 Å². The first kappa shape index (κ1) is 21.2. The van der Waals surface area contributed by atoms with E-state index in [1.54, 1.807) is 14.2 Å². The highest BCUT2D eigenvalue weighted by Crippen LogP contribution is 2.27. The van der Waals surface area contributed by atoms with Gasteiger partial charge in [-0.05, 0) is 42.7 Å². The Morgan fingerprint density at radius 3 is 2.67 bits per heavy atom. The molecule has 1 aromatic carbocycles. The van der Waals surface area contributed by atoms with Crippen LogP contribution >= 0.6 is 35.7 Å². The third kappa shape index (κ3) is 6.58. The number of ether oxygens (including phenoxy) is 2. The van der Waals surface area contributed by atoms with Crippen LogP contribution in [0, 0.1) is 0 Å². The second-order valence-electron chi connectivity index (χ2n) is 5.45. The van der Waals surface area contributed by atoms with Crippen LogP contribution in [0.3, 0.4) is 0 Å². The summed E-state index contributed by atoms with van der Waals surface area (Å²) in [6.07, 6.45) is 3.54. The van der Waals surface area contributed by atoms with Gasteiger partial charge in [-0.3, -0.25) is 4.99 Å². The smallest absolute Gasteiger partial charge is 0.191 e. The van der Waals surface area contributed by atoms with Crippen LogP contribution in [0.4, 0.5) is 0 Å². The van der Waals surface area contributed by atoms with Gasteiger partial charge in [0.05, 0.1) is 14.2 Å².